The molecule has 0 unspecified atom stereocenters. The van der Waals surface area contributed by atoms with Crippen molar-refractivity contribution in [1.82, 2.24) is 4.90 Å². The van der Waals surface area contributed by atoms with E-state index in [4.69, 9.17) is 0 Å². The van der Waals surface area contributed by atoms with Crippen molar-refractivity contribution in [1.29, 1.82) is 0 Å². The monoisotopic (exact) mass is 239 g/mol. The minimum absolute atomic E-state index is 0.0481. The van der Waals surface area contributed by atoms with Crippen LogP contribution in [0.25, 0.3) is 10.8 Å². The Morgan fingerprint density at radius 3 is 2.39 bits per heavy atom. The predicted molar refractivity (Wildman–Crippen MR) is 75.7 cm³/mol. The van der Waals surface area contributed by atoms with Crippen LogP contribution in [0.4, 0.5) is 0 Å². The molecule has 0 fully saturated rings. The summed E-state index contributed by atoms with van der Waals surface area (Å²) >= 11 is 0. The lowest BCUT2D eigenvalue weighted by Crippen LogP contribution is -2.10. The number of nitrogens with zero attached hydrogens (tertiary/aromatic N) is 1. The highest BCUT2D eigenvalue weighted by atomic mass is 16.1. The fourth-order valence-corrected chi connectivity index (χ4v) is 1.74. The second-order valence-electron chi connectivity index (χ2n) is 4.61. The van der Waals surface area contributed by atoms with Gasteiger partial charge in [-0.15, -0.1) is 0 Å². The number of carbonyl (C=O) groups excluding carboxylic acids is 1. The van der Waals surface area contributed by atoms with Crippen LogP contribution >= 0.6 is 0 Å². The van der Waals surface area contributed by atoms with Crippen molar-refractivity contribution in [2.24, 2.45) is 0 Å². The minimum Gasteiger partial charge on any atom is -0.381 e. The number of ketones is 1. The van der Waals surface area contributed by atoms with Gasteiger partial charge in [-0.1, -0.05) is 36.4 Å². The van der Waals surface area contributed by atoms with E-state index in [0.29, 0.717) is 0 Å². The van der Waals surface area contributed by atoms with Gasteiger partial charge in [-0.25, -0.2) is 0 Å². The molecule has 0 heterocycles. The molecular formula is C16H17NO. The van der Waals surface area contributed by atoms with Crippen molar-refractivity contribution >= 4 is 16.6 Å². The third-order valence-electron chi connectivity index (χ3n) is 3.08. The lowest BCUT2D eigenvalue weighted by molar-refractivity contribution is 0.104. The number of allylic oxidation sites excluding steroid dienone is 2. The topological polar surface area (TPSA) is 20.3 Å². The molecule has 2 nitrogen and oxygen atoms in total. The molecule has 2 aromatic rings. The molecule has 0 aromatic heterocycles. The van der Waals surface area contributed by atoms with E-state index >= 15 is 0 Å². The van der Waals surface area contributed by atoms with Gasteiger partial charge in [-0.3, -0.25) is 4.79 Å². The quantitative estimate of drug-likeness (QED) is 0.603. The molecule has 0 N–H and O–H groups in total. The largest absolute Gasteiger partial charge is 0.381 e. The summed E-state index contributed by atoms with van der Waals surface area (Å²) in [6.07, 6.45) is 1.67. The van der Waals surface area contributed by atoms with Gasteiger partial charge in [0, 0.05) is 31.4 Å². The summed E-state index contributed by atoms with van der Waals surface area (Å²) in [5.74, 6) is 0.0481. The summed E-state index contributed by atoms with van der Waals surface area (Å²) in [5.41, 5.74) is 1.68. The summed E-state index contributed by atoms with van der Waals surface area (Å²) in [5, 5.41) is 2.25. The number of fused-ring (bicyclic) bond motifs is 1. The first-order chi connectivity index (χ1) is 8.58. The zero-order chi connectivity index (χ0) is 13.1. The highest BCUT2D eigenvalue weighted by molar-refractivity contribution is 6.07. The van der Waals surface area contributed by atoms with Crippen LogP contribution in [0.15, 0.2) is 54.2 Å². The minimum atomic E-state index is 0.0481. The van der Waals surface area contributed by atoms with E-state index in [0.717, 1.165) is 22.0 Å². The van der Waals surface area contributed by atoms with Gasteiger partial charge < -0.3 is 4.90 Å². The molecule has 0 radical (unpaired) electrons. The fourth-order valence-electron chi connectivity index (χ4n) is 1.74. The van der Waals surface area contributed by atoms with E-state index in [2.05, 4.69) is 0 Å². The van der Waals surface area contributed by atoms with E-state index in [9.17, 15) is 4.79 Å². The molecule has 0 bridgehead atoms. The Hall–Kier alpha value is -2.09. The fraction of sp³-hybridized carbons (Fsp3) is 0.188. The standard InChI is InChI=1S/C16H17NO/c1-12(17(2)3)10-16(18)15-9-8-13-6-4-5-7-14(13)11-15/h4-11H,1-3H3/b12-10+. The Morgan fingerprint density at radius 2 is 1.72 bits per heavy atom. The lowest BCUT2D eigenvalue weighted by atomic mass is 10.0. The Balaban J connectivity index is 2.37. The molecule has 2 rings (SSSR count). The molecule has 0 spiro atoms. The zero-order valence-corrected chi connectivity index (χ0v) is 11.0. The Kier molecular flexibility index (Phi) is 3.47. The van der Waals surface area contributed by atoms with Crippen LogP contribution in [-0.4, -0.2) is 24.8 Å². The van der Waals surface area contributed by atoms with Crippen molar-refractivity contribution in [3.8, 4) is 0 Å². The average molecular weight is 239 g/mol. The van der Waals surface area contributed by atoms with Gasteiger partial charge in [0.05, 0.1) is 0 Å². The Bertz CT molecular complexity index is 611. The van der Waals surface area contributed by atoms with Crippen LogP contribution in [0.2, 0.25) is 0 Å². The summed E-state index contributed by atoms with van der Waals surface area (Å²) in [6.45, 7) is 1.93. The first-order valence-electron chi connectivity index (χ1n) is 5.96. The van der Waals surface area contributed by atoms with Crippen LogP contribution in [0.1, 0.15) is 17.3 Å². The van der Waals surface area contributed by atoms with E-state index in [1.165, 1.54) is 0 Å². The third-order valence-corrected chi connectivity index (χ3v) is 3.08. The first kappa shape index (κ1) is 12.4. The first-order valence-corrected chi connectivity index (χ1v) is 5.96. The molecule has 0 atom stereocenters. The van der Waals surface area contributed by atoms with E-state index in [1.807, 2.05) is 68.4 Å². The number of rotatable bonds is 3. The smallest absolute Gasteiger partial charge is 0.187 e. The average Bonchev–Trinajstić information content (AvgIpc) is 2.37. The van der Waals surface area contributed by atoms with Gasteiger partial charge in [0.15, 0.2) is 5.78 Å². The molecule has 2 aromatic carbocycles. The summed E-state index contributed by atoms with van der Waals surface area (Å²) in [6, 6.07) is 13.9. The number of hydrogen-bond donors (Lipinski definition) is 0. The van der Waals surface area contributed by atoms with Crippen molar-refractivity contribution < 1.29 is 4.79 Å². The molecule has 92 valence electrons. The van der Waals surface area contributed by atoms with Gasteiger partial charge in [0.25, 0.3) is 0 Å². The van der Waals surface area contributed by atoms with Gasteiger partial charge >= 0.3 is 0 Å². The Labute approximate surface area is 108 Å². The second-order valence-corrected chi connectivity index (χ2v) is 4.61. The van der Waals surface area contributed by atoms with Gasteiger partial charge in [0.1, 0.15) is 0 Å². The maximum absolute atomic E-state index is 12.1. The van der Waals surface area contributed by atoms with Crippen LogP contribution in [0.3, 0.4) is 0 Å². The van der Waals surface area contributed by atoms with Crippen molar-refractivity contribution in [2.45, 2.75) is 6.92 Å². The number of benzene rings is 2. The number of hydrogen-bond acceptors (Lipinski definition) is 2. The molecule has 0 aliphatic carbocycles. The van der Waals surface area contributed by atoms with Gasteiger partial charge in [-0.2, -0.15) is 0 Å². The highest BCUT2D eigenvalue weighted by Gasteiger charge is 2.05. The summed E-state index contributed by atoms with van der Waals surface area (Å²) < 4.78 is 0. The van der Waals surface area contributed by atoms with E-state index < -0.39 is 0 Å². The summed E-state index contributed by atoms with van der Waals surface area (Å²) in [7, 11) is 3.86. The van der Waals surface area contributed by atoms with Crippen molar-refractivity contribution in [2.75, 3.05) is 14.1 Å². The van der Waals surface area contributed by atoms with Crippen molar-refractivity contribution in [3.05, 3.63) is 59.8 Å². The lowest BCUT2D eigenvalue weighted by Gasteiger charge is -2.11. The SMILES string of the molecule is C/C(=C\C(=O)c1ccc2ccccc2c1)N(C)C. The summed E-state index contributed by atoms with van der Waals surface area (Å²) in [4.78, 5) is 14.0. The maximum Gasteiger partial charge on any atom is 0.187 e. The molecular weight excluding hydrogens is 222 g/mol. The van der Waals surface area contributed by atoms with Crippen molar-refractivity contribution in [3.63, 3.8) is 0 Å². The second kappa shape index (κ2) is 5.05. The van der Waals surface area contributed by atoms with Crippen LogP contribution in [0, 0.1) is 0 Å². The predicted octanol–water partition coefficient (Wildman–Crippen LogP) is 3.49. The maximum atomic E-state index is 12.1. The zero-order valence-electron chi connectivity index (χ0n) is 11.0. The normalized spacial score (nSPS) is 11.6. The van der Waals surface area contributed by atoms with Crippen LogP contribution in [0.5, 0.6) is 0 Å². The highest BCUT2D eigenvalue weighted by Crippen LogP contribution is 2.16. The number of carbonyl (C=O) groups is 1. The molecule has 0 aliphatic rings. The van der Waals surface area contributed by atoms with Gasteiger partial charge in [0.2, 0.25) is 0 Å². The molecule has 0 saturated carbocycles. The van der Waals surface area contributed by atoms with Gasteiger partial charge in [-0.05, 0) is 23.8 Å². The molecule has 18 heavy (non-hydrogen) atoms. The Morgan fingerprint density at radius 1 is 1.06 bits per heavy atom. The van der Waals surface area contributed by atoms with E-state index in [-0.39, 0.29) is 5.78 Å². The molecule has 0 aliphatic heterocycles. The third kappa shape index (κ3) is 2.59. The molecule has 2 heteroatoms. The molecule has 0 amide bonds. The van der Waals surface area contributed by atoms with Crippen LogP contribution < -0.4 is 0 Å². The van der Waals surface area contributed by atoms with Crippen LogP contribution in [-0.2, 0) is 0 Å². The van der Waals surface area contributed by atoms with E-state index in [1.54, 1.807) is 6.08 Å². The molecule has 0 saturated heterocycles.